The van der Waals surface area contributed by atoms with Crippen molar-refractivity contribution in [3.8, 4) is 0 Å². The fourth-order valence-corrected chi connectivity index (χ4v) is 1.08. The summed E-state index contributed by atoms with van der Waals surface area (Å²) in [5.74, 6) is 0. The van der Waals surface area contributed by atoms with Crippen LogP contribution in [0.5, 0.6) is 0 Å². The van der Waals surface area contributed by atoms with Crippen molar-refractivity contribution in [3.05, 3.63) is 50.7 Å². The molecule has 0 saturated heterocycles. The summed E-state index contributed by atoms with van der Waals surface area (Å²) in [5.41, 5.74) is 1.78. The van der Waals surface area contributed by atoms with Crippen molar-refractivity contribution in [1.29, 1.82) is 0 Å². The molecule has 0 N–H and O–H groups in total. The lowest BCUT2D eigenvalue weighted by molar-refractivity contribution is -0.410. The Kier molecular flexibility index (Phi) is 3.03. The number of halogens is 1. The van der Waals surface area contributed by atoms with Crippen molar-refractivity contribution in [2.45, 2.75) is 6.92 Å². The molecule has 13 heavy (non-hydrogen) atoms. The van der Waals surface area contributed by atoms with Crippen molar-refractivity contribution < 1.29 is 4.92 Å². The molecule has 0 heterocycles. The maximum Gasteiger partial charge on any atom is 0.337 e. The predicted molar refractivity (Wildman–Crippen MR) is 52.0 cm³/mol. The third-order valence-electron chi connectivity index (χ3n) is 1.50. The first-order valence-corrected chi connectivity index (χ1v) is 4.05. The van der Waals surface area contributed by atoms with E-state index in [4.69, 9.17) is 11.6 Å². The van der Waals surface area contributed by atoms with Crippen molar-refractivity contribution in [1.82, 2.24) is 0 Å². The van der Waals surface area contributed by atoms with Crippen LogP contribution in [-0.2, 0) is 0 Å². The van der Waals surface area contributed by atoms with Gasteiger partial charge in [0.1, 0.15) is 0 Å². The molecule has 1 rings (SSSR count). The Hall–Kier alpha value is -1.35. The van der Waals surface area contributed by atoms with E-state index >= 15 is 0 Å². The summed E-state index contributed by atoms with van der Waals surface area (Å²) < 4.78 is 0. The van der Waals surface area contributed by atoms with Gasteiger partial charge >= 0.3 is 5.16 Å². The van der Waals surface area contributed by atoms with Crippen LogP contribution < -0.4 is 0 Å². The summed E-state index contributed by atoms with van der Waals surface area (Å²) in [7, 11) is 0. The third-order valence-corrected chi connectivity index (χ3v) is 1.75. The van der Waals surface area contributed by atoms with Gasteiger partial charge in [0.2, 0.25) is 0 Å². The fourth-order valence-electron chi connectivity index (χ4n) is 0.950. The Bertz CT molecular complexity index is 360. The van der Waals surface area contributed by atoms with Gasteiger partial charge in [-0.3, -0.25) is 10.1 Å². The number of hydrogen-bond donors (Lipinski definition) is 0. The van der Waals surface area contributed by atoms with Crippen molar-refractivity contribution in [3.63, 3.8) is 0 Å². The minimum Gasteiger partial charge on any atom is -0.257 e. The summed E-state index contributed by atoms with van der Waals surface area (Å²) in [4.78, 5) is 9.57. The standard InChI is InChI=1S/C9H8ClNO2/c1-7-3-2-4-8(5-7)6-9(10)11(12)13/h2-6H,1H3. The highest BCUT2D eigenvalue weighted by Gasteiger charge is 2.04. The topological polar surface area (TPSA) is 43.1 Å². The molecule has 0 spiro atoms. The lowest BCUT2D eigenvalue weighted by Crippen LogP contribution is -1.90. The van der Waals surface area contributed by atoms with E-state index < -0.39 is 4.92 Å². The van der Waals surface area contributed by atoms with Gasteiger partial charge in [0, 0.05) is 6.08 Å². The maximum atomic E-state index is 10.2. The minimum absolute atomic E-state index is 0.370. The highest BCUT2D eigenvalue weighted by molar-refractivity contribution is 6.29. The molecule has 0 atom stereocenters. The SMILES string of the molecule is Cc1cccc(C=C(Cl)[N+](=O)[O-])c1. The molecule has 3 nitrogen and oxygen atoms in total. The molecule has 0 aliphatic carbocycles. The molecular formula is C9H8ClNO2. The van der Waals surface area contributed by atoms with Crippen LogP contribution in [0.4, 0.5) is 0 Å². The van der Waals surface area contributed by atoms with Gasteiger partial charge in [-0.05, 0) is 24.1 Å². The van der Waals surface area contributed by atoms with Crippen LogP contribution in [-0.4, -0.2) is 4.92 Å². The van der Waals surface area contributed by atoms with E-state index in [0.717, 1.165) is 11.1 Å². The number of rotatable bonds is 2. The van der Waals surface area contributed by atoms with Gasteiger partial charge in [-0.25, -0.2) is 0 Å². The quantitative estimate of drug-likeness (QED) is 0.416. The molecule has 0 radical (unpaired) electrons. The summed E-state index contributed by atoms with van der Waals surface area (Å²) in [5, 5.41) is 9.82. The van der Waals surface area contributed by atoms with E-state index in [1.54, 1.807) is 6.07 Å². The Morgan fingerprint density at radius 3 is 2.85 bits per heavy atom. The smallest absolute Gasteiger partial charge is 0.257 e. The molecule has 0 aliphatic heterocycles. The Morgan fingerprint density at radius 1 is 1.62 bits per heavy atom. The molecule has 1 aromatic rings. The minimum atomic E-state index is -0.621. The second-order valence-electron chi connectivity index (χ2n) is 2.64. The fraction of sp³-hybridized carbons (Fsp3) is 0.111. The summed E-state index contributed by atoms with van der Waals surface area (Å²) in [6, 6.07) is 7.33. The van der Waals surface area contributed by atoms with E-state index in [-0.39, 0.29) is 5.16 Å². The number of nitro groups is 1. The van der Waals surface area contributed by atoms with Gasteiger partial charge in [-0.15, -0.1) is 0 Å². The van der Waals surface area contributed by atoms with Gasteiger partial charge in [-0.2, -0.15) is 0 Å². The van der Waals surface area contributed by atoms with E-state index in [1.807, 2.05) is 25.1 Å². The van der Waals surface area contributed by atoms with Crippen LogP contribution in [0, 0.1) is 17.0 Å². The summed E-state index contributed by atoms with van der Waals surface area (Å²) in [6.45, 7) is 1.91. The highest BCUT2D eigenvalue weighted by Crippen LogP contribution is 2.11. The first-order valence-electron chi connectivity index (χ1n) is 3.68. The zero-order chi connectivity index (χ0) is 9.84. The second-order valence-corrected chi connectivity index (χ2v) is 3.03. The average molecular weight is 198 g/mol. The zero-order valence-corrected chi connectivity index (χ0v) is 7.78. The molecule has 68 valence electrons. The molecule has 4 heteroatoms. The Labute approximate surface area is 80.8 Å². The van der Waals surface area contributed by atoms with Crippen molar-refractivity contribution in [2.75, 3.05) is 0 Å². The first-order chi connectivity index (χ1) is 6.09. The largest absolute Gasteiger partial charge is 0.337 e. The molecular weight excluding hydrogens is 190 g/mol. The van der Waals surface area contributed by atoms with Gasteiger partial charge in [0.15, 0.2) is 0 Å². The number of aryl methyl sites for hydroxylation is 1. The van der Waals surface area contributed by atoms with Crippen LogP contribution in [0.1, 0.15) is 11.1 Å². The monoisotopic (exact) mass is 197 g/mol. The number of nitrogens with zero attached hydrogens (tertiary/aromatic N) is 1. The highest BCUT2D eigenvalue weighted by atomic mass is 35.5. The molecule has 0 amide bonds. The summed E-state index contributed by atoms with van der Waals surface area (Å²) >= 11 is 5.36. The van der Waals surface area contributed by atoms with Crippen LogP contribution in [0.2, 0.25) is 0 Å². The number of hydrogen-bond acceptors (Lipinski definition) is 2. The van der Waals surface area contributed by atoms with Crippen LogP contribution in [0.3, 0.4) is 0 Å². The van der Waals surface area contributed by atoms with Crippen LogP contribution in [0.15, 0.2) is 29.4 Å². The third kappa shape index (κ3) is 2.87. The average Bonchev–Trinajstić information content (AvgIpc) is 2.04. The lowest BCUT2D eigenvalue weighted by atomic mass is 10.1. The van der Waals surface area contributed by atoms with Crippen molar-refractivity contribution in [2.24, 2.45) is 0 Å². The van der Waals surface area contributed by atoms with E-state index in [0.29, 0.717) is 0 Å². The Balaban J connectivity index is 2.97. The summed E-state index contributed by atoms with van der Waals surface area (Å²) in [6.07, 6.45) is 1.33. The van der Waals surface area contributed by atoms with Gasteiger partial charge in [0.05, 0.1) is 4.92 Å². The molecule has 0 aliphatic rings. The van der Waals surface area contributed by atoms with Gasteiger partial charge in [0.25, 0.3) is 0 Å². The molecule has 0 unspecified atom stereocenters. The van der Waals surface area contributed by atoms with Gasteiger partial charge < -0.3 is 0 Å². The molecule has 0 bridgehead atoms. The first kappa shape index (κ1) is 9.74. The van der Waals surface area contributed by atoms with Crippen LogP contribution in [0.25, 0.3) is 6.08 Å². The number of benzene rings is 1. The molecule has 0 aromatic heterocycles. The predicted octanol–water partition coefficient (Wildman–Crippen LogP) is 2.81. The van der Waals surface area contributed by atoms with E-state index in [1.165, 1.54) is 6.08 Å². The maximum absolute atomic E-state index is 10.2. The second kappa shape index (κ2) is 4.05. The van der Waals surface area contributed by atoms with Crippen molar-refractivity contribution >= 4 is 17.7 Å². The molecule has 0 fully saturated rings. The normalized spacial score (nSPS) is 11.4. The van der Waals surface area contributed by atoms with Gasteiger partial charge in [-0.1, -0.05) is 29.8 Å². The van der Waals surface area contributed by atoms with Crippen LogP contribution >= 0.6 is 11.6 Å². The molecule has 0 saturated carbocycles. The lowest BCUT2D eigenvalue weighted by Gasteiger charge is -1.94. The van der Waals surface area contributed by atoms with E-state index in [9.17, 15) is 10.1 Å². The Morgan fingerprint density at radius 2 is 2.31 bits per heavy atom. The zero-order valence-electron chi connectivity index (χ0n) is 7.03. The molecule has 1 aromatic carbocycles. The van der Waals surface area contributed by atoms with E-state index in [2.05, 4.69) is 0 Å².